The van der Waals surface area contributed by atoms with Gasteiger partial charge in [-0.1, -0.05) is 116 Å². The summed E-state index contributed by atoms with van der Waals surface area (Å²) < 4.78 is 5.14. The Hall–Kier alpha value is -4.12. The predicted octanol–water partition coefficient (Wildman–Crippen LogP) is 9.45. The van der Waals surface area contributed by atoms with E-state index in [-0.39, 0.29) is 21.8 Å². The number of aromatic nitrogens is 5. The molecule has 0 saturated heterocycles. The van der Waals surface area contributed by atoms with E-state index < -0.39 is 0 Å². The van der Waals surface area contributed by atoms with Crippen molar-refractivity contribution in [3.8, 4) is 22.4 Å². The zero-order chi connectivity index (χ0) is 32.1. The van der Waals surface area contributed by atoms with Gasteiger partial charge in [0.2, 0.25) is 0 Å². The maximum absolute atomic E-state index is 5.56. The molecule has 4 aromatic heterocycles. The van der Waals surface area contributed by atoms with Crippen LogP contribution < -0.4 is 4.57 Å². The Morgan fingerprint density at radius 3 is 1.96 bits per heavy atom. The first-order chi connectivity index (χ1) is 21.3. The predicted molar refractivity (Wildman–Crippen MR) is 186 cm³/mol. The molecule has 0 amide bonds. The Balaban J connectivity index is 1.89. The molecule has 1 aliphatic heterocycles. The highest BCUT2D eigenvalue weighted by atomic mass is 15.2. The third-order valence-electron chi connectivity index (χ3n) is 10.7. The molecule has 7 rings (SSSR count). The maximum atomic E-state index is 5.56. The number of hydrogen-bond acceptors (Lipinski definition) is 3. The number of rotatable bonds is 4. The molecule has 2 aromatic carbocycles. The first-order valence-corrected chi connectivity index (χ1v) is 16.5. The minimum Gasteiger partial charge on any atom is -0.256 e. The van der Waals surface area contributed by atoms with Gasteiger partial charge < -0.3 is 0 Å². The van der Waals surface area contributed by atoms with Gasteiger partial charge >= 0.3 is 0 Å². The normalized spacial score (nSPS) is 20.1. The monoisotopic (exact) mass is 596 g/mol. The summed E-state index contributed by atoms with van der Waals surface area (Å²) in [4.78, 5) is 16.2. The summed E-state index contributed by atoms with van der Waals surface area (Å²) in [6, 6.07) is 24.0. The van der Waals surface area contributed by atoms with Gasteiger partial charge in [-0.2, -0.15) is 4.40 Å². The summed E-state index contributed by atoms with van der Waals surface area (Å²) in [5, 5.41) is 1.16. The summed E-state index contributed by atoms with van der Waals surface area (Å²) in [7, 11) is 0. The summed E-state index contributed by atoms with van der Waals surface area (Å²) in [5.41, 5.74) is 10.6. The van der Waals surface area contributed by atoms with E-state index in [1.54, 1.807) is 0 Å². The maximum Gasteiger partial charge on any atom is 0.299 e. The van der Waals surface area contributed by atoms with E-state index in [1.807, 2.05) is 0 Å². The lowest BCUT2D eigenvalue weighted by Crippen LogP contribution is -2.66. The van der Waals surface area contributed by atoms with Crippen molar-refractivity contribution in [1.29, 1.82) is 0 Å². The quantitative estimate of drug-likeness (QED) is 0.190. The average molecular weight is 597 g/mol. The highest BCUT2D eigenvalue weighted by Crippen LogP contribution is 2.52. The van der Waals surface area contributed by atoms with Gasteiger partial charge in [0.25, 0.3) is 5.65 Å². The Morgan fingerprint density at radius 1 is 0.778 bits per heavy atom. The van der Waals surface area contributed by atoms with Crippen molar-refractivity contribution >= 4 is 27.6 Å². The van der Waals surface area contributed by atoms with Gasteiger partial charge in [-0.15, -0.1) is 0 Å². The van der Waals surface area contributed by atoms with Crippen LogP contribution >= 0.6 is 0 Å². The van der Waals surface area contributed by atoms with Gasteiger partial charge in [-0.25, -0.2) is 14.5 Å². The van der Waals surface area contributed by atoms with E-state index in [9.17, 15) is 0 Å². The number of hydrogen-bond donors (Lipinski definition) is 0. The largest absolute Gasteiger partial charge is 0.299 e. The molecule has 5 heterocycles. The highest BCUT2D eigenvalue weighted by molar-refractivity contribution is 6.09. The molecule has 0 aliphatic carbocycles. The van der Waals surface area contributed by atoms with Gasteiger partial charge in [0, 0.05) is 22.5 Å². The molecule has 5 heteroatoms. The first kappa shape index (κ1) is 29.6. The Morgan fingerprint density at radius 2 is 1.40 bits per heavy atom. The molecule has 0 N–H and O–H groups in total. The van der Waals surface area contributed by atoms with Crippen molar-refractivity contribution in [2.75, 3.05) is 0 Å². The van der Waals surface area contributed by atoms with Crippen molar-refractivity contribution in [2.24, 2.45) is 0 Å². The molecule has 6 aromatic rings. The van der Waals surface area contributed by atoms with Crippen LogP contribution in [0.5, 0.6) is 0 Å². The number of nitrogens with zero attached hydrogens (tertiary/aromatic N) is 5. The third-order valence-corrected chi connectivity index (χ3v) is 10.7. The molecule has 2 atom stereocenters. The van der Waals surface area contributed by atoms with Crippen LogP contribution in [0, 0.1) is 0 Å². The van der Waals surface area contributed by atoms with Gasteiger partial charge in [0.05, 0.1) is 34.1 Å². The molecule has 230 valence electrons. The van der Waals surface area contributed by atoms with E-state index >= 15 is 0 Å². The number of imidazole rings is 1. The van der Waals surface area contributed by atoms with Crippen molar-refractivity contribution in [1.82, 2.24) is 19.4 Å². The Labute approximate surface area is 267 Å². The van der Waals surface area contributed by atoms with Crippen LogP contribution in [-0.2, 0) is 21.8 Å². The lowest BCUT2D eigenvalue weighted by Gasteiger charge is -2.46. The number of pyridine rings is 2. The second kappa shape index (κ2) is 9.69. The van der Waals surface area contributed by atoms with E-state index in [4.69, 9.17) is 15.0 Å². The van der Waals surface area contributed by atoms with Crippen LogP contribution in [0.2, 0.25) is 0 Å². The second-order valence-corrected chi connectivity index (χ2v) is 15.4. The number of fused-ring (bicyclic) bond motifs is 3. The van der Waals surface area contributed by atoms with Crippen molar-refractivity contribution in [3.05, 3.63) is 90.1 Å². The molecule has 0 saturated carbocycles. The molecule has 45 heavy (non-hydrogen) atoms. The lowest BCUT2D eigenvalue weighted by molar-refractivity contribution is -0.729. The average Bonchev–Trinajstić information content (AvgIpc) is 3.37. The van der Waals surface area contributed by atoms with Gasteiger partial charge in [-0.05, 0) is 32.3 Å². The zero-order valence-corrected chi connectivity index (χ0v) is 28.6. The van der Waals surface area contributed by atoms with Gasteiger partial charge in [-0.3, -0.25) is 4.98 Å². The fraction of sp³-hybridized carbons (Fsp3) is 0.400. The molecule has 0 spiro atoms. The topological polar surface area (TPSA) is 47.0 Å². The van der Waals surface area contributed by atoms with Gasteiger partial charge in [0.1, 0.15) is 16.7 Å². The summed E-state index contributed by atoms with van der Waals surface area (Å²) in [5.74, 6) is 0.893. The van der Waals surface area contributed by atoms with Crippen LogP contribution in [0.3, 0.4) is 0 Å². The van der Waals surface area contributed by atoms with E-state index in [0.717, 1.165) is 74.5 Å². The molecule has 5 nitrogen and oxygen atoms in total. The minimum atomic E-state index is -0.253. The zero-order valence-electron chi connectivity index (χ0n) is 28.6. The highest BCUT2D eigenvalue weighted by Gasteiger charge is 2.57. The standard InChI is InChI=1S/C40H46N5/c1-11-39(9)34-31-32(42-36(43-34)38(6,7)8)30(25-19-15-13-16-20-25)33(26-21-17-14-18-22-26)44-28-24-41-29(37(3,4)5)23-27(28)45(35(31)44)40(39,10)12-2/h13-24H,11-12H2,1-10H3/q+1. The molecule has 0 bridgehead atoms. The van der Waals surface area contributed by atoms with E-state index in [1.165, 1.54) is 5.52 Å². The fourth-order valence-electron chi connectivity index (χ4n) is 7.64. The summed E-state index contributed by atoms with van der Waals surface area (Å²) >= 11 is 0. The number of benzene rings is 2. The first-order valence-electron chi connectivity index (χ1n) is 16.5. The van der Waals surface area contributed by atoms with Crippen LogP contribution in [0.4, 0.5) is 0 Å². The smallest absolute Gasteiger partial charge is 0.256 e. The lowest BCUT2D eigenvalue weighted by atomic mass is 9.63. The second-order valence-electron chi connectivity index (χ2n) is 15.4. The van der Waals surface area contributed by atoms with E-state index in [0.29, 0.717) is 0 Å². The Kier molecular flexibility index (Phi) is 6.37. The molecule has 1 aliphatic rings. The van der Waals surface area contributed by atoms with Crippen LogP contribution in [0.15, 0.2) is 72.9 Å². The van der Waals surface area contributed by atoms with Crippen LogP contribution in [-0.4, -0.2) is 19.4 Å². The SMILES string of the molecule is CCC1(C)c2nc(C(C)(C)C)nc3c(-c4ccccc4)c(-c4ccccc4)n4c5cnc(C(C)(C)C)cc5[n+](c4c23)C1(C)CC. The molecular weight excluding hydrogens is 550 g/mol. The summed E-state index contributed by atoms with van der Waals surface area (Å²) in [6.07, 6.45) is 4.03. The molecule has 2 unspecified atom stereocenters. The third kappa shape index (κ3) is 3.98. The molecule has 0 fully saturated rings. The fourth-order valence-corrected chi connectivity index (χ4v) is 7.64. The molecule has 0 radical (unpaired) electrons. The van der Waals surface area contributed by atoms with E-state index in [2.05, 4.69) is 151 Å². The van der Waals surface area contributed by atoms with Crippen LogP contribution in [0.25, 0.3) is 50.0 Å². The van der Waals surface area contributed by atoms with Gasteiger partial charge in [0.15, 0.2) is 16.7 Å². The van der Waals surface area contributed by atoms with Crippen LogP contribution in [0.1, 0.15) is 99.3 Å². The summed E-state index contributed by atoms with van der Waals surface area (Å²) in [6.45, 7) is 23.0. The Bertz CT molecular complexity index is 2110. The van der Waals surface area contributed by atoms with Crippen molar-refractivity contribution in [2.45, 2.75) is 104 Å². The molecular formula is C40H46N5+. The minimum absolute atomic E-state index is 0.0870. The van der Waals surface area contributed by atoms with Crippen molar-refractivity contribution < 1.29 is 4.57 Å². The van der Waals surface area contributed by atoms with Crippen molar-refractivity contribution in [3.63, 3.8) is 0 Å².